The van der Waals surface area contributed by atoms with Crippen molar-refractivity contribution in [2.45, 2.75) is 44.2 Å². The molecule has 0 heterocycles. The molecule has 2 rings (SSSR count). The molecule has 19 heavy (non-hydrogen) atoms. The molecule has 1 aliphatic rings. The molecule has 0 aliphatic heterocycles. The van der Waals surface area contributed by atoms with Crippen LogP contribution in [0.5, 0.6) is 0 Å². The molecule has 2 N–H and O–H groups in total. The molecule has 0 amide bonds. The van der Waals surface area contributed by atoms with Gasteiger partial charge in [-0.2, -0.15) is 0 Å². The molecule has 0 radical (unpaired) electrons. The largest absolute Gasteiger partial charge is 0.328 e. The molecule has 0 atom stereocenters. The Bertz CT molecular complexity index is 417. The average molecular weight is 329 g/mol. The van der Waals surface area contributed by atoms with E-state index in [0.717, 1.165) is 35.8 Å². The third-order valence-electron chi connectivity index (χ3n) is 4.11. The van der Waals surface area contributed by atoms with Gasteiger partial charge in [0.05, 0.1) is 0 Å². The van der Waals surface area contributed by atoms with Crippen LogP contribution in [0.3, 0.4) is 0 Å². The van der Waals surface area contributed by atoms with E-state index in [9.17, 15) is 4.39 Å². The van der Waals surface area contributed by atoms with Gasteiger partial charge in [0.2, 0.25) is 0 Å². The third-order valence-corrected chi connectivity index (χ3v) is 4.60. The summed E-state index contributed by atoms with van der Waals surface area (Å²) in [5, 5.41) is 0. The molecular formula is C15H22BrFN2. The Morgan fingerprint density at radius 3 is 2.68 bits per heavy atom. The lowest BCUT2D eigenvalue weighted by Gasteiger charge is -2.33. The molecule has 106 valence electrons. The Balaban J connectivity index is 1.86. The molecule has 1 aromatic rings. The van der Waals surface area contributed by atoms with Crippen LogP contribution < -0.4 is 5.73 Å². The van der Waals surface area contributed by atoms with Crippen LogP contribution in [0.25, 0.3) is 0 Å². The Morgan fingerprint density at radius 2 is 2.00 bits per heavy atom. The highest BCUT2D eigenvalue weighted by atomic mass is 79.9. The van der Waals surface area contributed by atoms with Gasteiger partial charge in [-0.3, -0.25) is 0 Å². The van der Waals surface area contributed by atoms with Gasteiger partial charge in [-0.1, -0.05) is 15.9 Å². The zero-order valence-corrected chi connectivity index (χ0v) is 13.0. The minimum absolute atomic E-state index is 0.109. The summed E-state index contributed by atoms with van der Waals surface area (Å²) >= 11 is 3.39. The summed E-state index contributed by atoms with van der Waals surface area (Å²) in [4.78, 5) is 2.35. The standard InChI is InChI=1S/C15H22BrFN2/c1-19(14-5-3-13(18)4-6-14)9-8-11-10-12(16)2-7-15(11)17/h2,7,10,13-14H,3-6,8-9,18H2,1H3. The predicted octanol–water partition coefficient (Wildman–Crippen LogP) is 3.33. The summed E-state index contributed by atoms with van der Waals surface area (Å²) in [5.41, 5.74) is 6.71. The smallest absolute Gasteiger partial charge is 0.126 e. The highest BCUT2D eigenvalue weighted by Crippen LogP contribution is 2.22. The monoisotopic (exact) mass is 328 g/mol. The first kappa shape index (κ1) is 14.9. The van der Waals surface area contributed by atoms with E-state index in [-0.39, 0.29) is 5.82 Å². The van der Waals surface area contributed by atoms with Crippen molar-refractivity contribution in [3.8, 4) is 0 Å². The van der Waals surface area contributed by atoms with Gasteiger partial charge in [0.1, 0.15) is 5.82 Å². The predicted molar refractivity (Wildman–Crippen MR) is 80.7 cm³/mol. The minimum Gasteiger partial charge on any atom is -0.328 e. The van der Waals surface area contributed by atoms with Crippen LogP contribution in [-0.2, 0) is 6.42 Å². The highest BCUT2D eigenvalue weighted by Gasteiger charge is 2.21. The fourth-order valence-electron chi connectivity index (χ4n) is 2.76. The summed E-state index contributed by atoms with van der Waals surface area (Å²) in [7, 11) is 2.14. The fourth-order valence-corrected chi connectivity index (χ4v) is 3.17. The maximum atomic E-state index is 13.7. The van der Waals surface area contributed by atoms with Gasteiger partial charge in [0.25, 0.3) is 0 Å². The number of likely N-dealkylation sites (N-methyl/N-ethyl adjacent to an activating group) is 1. The van der Waals surface area contributed by atoms with Crippen LogP contribution in [0.2, 0.25) is 0 Å². The Labute approximate surface area is 123 Å². The molecule has 1 aromatic carbocycles. The van der Waals surface area contributed by atoms with Crippen molar-refractivity contribution < 1.29 is 4.39 Å². The van der Waals surface area contributed by atoms with E-state index in [1.807, 2.05) is 6.07 Å². The van der Waals surface area contributed by atoms with E-state index in [1.54, 1.807) is 6.07 Å². The van der Waals surface area contributed by atoms with Crippen molar-refractivity contribution in [3.63, 3.8) is 0 Å². The summed E-state index contributed by atoms with van der Waals surface area (Å²) in [5.74, 6) is -0.109. The van der Waals surface area contributed by atoms with Gasteiger partial charge in [0.15, 0.2) is 0 Å². The molecule has 0 spiro atoms. The molecule has 0 unspecified atom stereocenters. The molecule has 4 heteroatoms. The first-order chi connectivity index (χ1) is 9.06. The molecule has 0 saturated heterocycles. The fraction of sp³-hybridized carbons (Fsp3) is 0.600. The van der Waals surface area contributed by atoms with Crippen LogP contribution >= 0.6 is 15.9 Å². The summed E-state index contributed by atoms with van der Waals surface area (Å²) in [6.45, 7) is 0.896. The number of nitrogens with zero attached hydrogens (tertiary/aromatic N) is 1. The van der Waals surface area contributed by atoms with Crippen molar-refractivity contribution in [1.82, 2.24) is 4.90 Å². The number of nitrogens with two attached hydrogens (primary N) is 1. The summed E-state index contributed by atoms with van der Waals surface area (Å²) in [6.07, 6.45) is 5.31. The zero-order chi connectivity index (χ0) is 13.8. The summed E-state index contributed by atoms with van der Waals surface area (Å²) < 4.78 is 14.6. The lowest BCUT2D eigenvalue weighted by atomic mass is 9.91. The van der Waals surface area contributed by atoms with Crippen molar-refractivity contribution in [2.75, 3.05) is 13.6 Å². The van der Waals surface area contributed by atoms with Crippen LogP contribution in [0.15, 0.2) is 22.7 Å². The van der Waals surface area contributed by atoms with E-state index >= 15 is 0 Å². The van der Waals surface area contributed by atoms with E-state index in [4.69, 9.17) is 5.73 Å². The SMILES string of the molecule is CN(CCc1cc(Br)ccc1F)C1CCC(N)CC1. The van der Waals surface area contributed by atoms with Crippen LogP contribution in [0, 0.1) is 5.82 Å². The van der Waals surface area contributed by atoms with E-state index < -0.39 is 0 Å². The lowest BCUT2D eigenvalue weighted by Crippen LogP contribution is -2.39. The van der Waals surface area contributed by atoms with Crippen molar-refractivity contribution in [2.24, 2.45) is 5.73 Å². The van der Waals surface area contributed by atoms with Crippen molar-refractivity contribution in [1.29, 1.82) is 0 Å². The quantitative estimate of drug-likeness (QED) is 0.918. The zero-order valence-electron chi connectivity index (χ0n) is 11.4. The molecule has 0 bridgehead atoms. The molecule has 0 aromatic heterocycles. The van der Waals surface area contributed by atoms with Gasteiger partial charge < -0.3 is 10.6 Å². The maximum absolute atomic E-state index is 13.7. The first-order valence-corrected chi connectivity index (χ1v) is 7.75. The molecule has 2 nitrogen and oxygen atoms in total. The molecule has 1 fully saturated rings. The maximum Gasteiger partial charge on any atom is 0.126 e. The lowest BCUT2D eigenvalue weighted by molar-refractivity contribution is 0.184. The van der Waals surface area contributed by atoms with E-state index in [0.29, 0.717) is 12.1 Å². The number of rotatable bonds is 4. The number of benzene rings is 1. The van der Waals surface area contributed by atoms with Gasteiger partial charge >= 0.3 is 0 Å². The normalized spacial score (nSPS) is 23.8. The number of hydrogen-bond acceptors (Lipinski definition) is 2. The second kappa shape index (κ2) is 6.82. The third kappa shape index (κ3) is 4.26. The second-order valence-corrected chi connectivity index (χ2v) is 6.45. The van der Waals surface area contributed by atoms with Gasteiger partial charge in [-0.15, -0.1) is 0 Å². The summed E-state index contributed by atoms with van der Waals surface area (Å²) in [6, 6.07) is 6.13. The van der Waals surface area contributed by atoms with Gasteiger partial charge in [-0.25, -0.2) is 4.39 Å². The number of hydrogen-bond donors (Lipinski definition) is 1. The first-order valence-electron chi connectivity index (χ1n) is 6.96. The van der Waals surface area contributed by atoms with Crippen molar-refractivity contribution >= 4 is 15.9 Å². The topological polar surface area (TPSA) is 29.3 Å². The van der Waals surface area contributed by atoms with E-state index in [2.05, 4.69) is 27.9 Å². The molecule has 1 aliphatic carbocycles. The van der Waals surface area contributed by atoms with Crippen molar-refractivity contribution in [3.05, 3.63) is 34.1 Å². The van der Waals surface area contributed by atoms with Crippen LogP contribution in [-0.4, -0.2) is 30.6 Å². The average Bonchev–Trinajstić information content (AvgIpc) is 2.40. The van der Waals surface area contributed by atoms with Crippen LogP contribution in [0.1, 0.15) is 31.2 Å². The van der Waals surface area contributed by atoms with Gasteiger partial charge in [-0.05, 0) is 62.9 Å². The van der Waals surface area contributed by atoms with Crippen LogP contribution in [0.4, 0.5) is 4.39 Å². The molecular weight excluding hydrogens is 307 g/mol. The second-order valence-electron chi connectivity index (χ2n) is 5.53. The highest BCUT2D eigenvalue weighted by molar-refractivity contribution is 9.10. The molecule has 1 saturated carbocycles. The van der Waals surface area contributed by atoms with E-state index in [1.165, 1.54) is 18.9 Å². The Kier molecular flexibility index (Phi) is 5.37. The van der Waals surface area contributed by atoms with Gasteiger partial charge in [0, 0.05) is 23.1 Å². The minimum atomic E-state index is -0.109. The Hall–Kier alpha value is -0.450. The Morgan fingerprint density at radius 1 is 1.32 bits per heavy atom. The number of halogens is 2.